The van der Waals surface area contributed by atoms with Crippen molar-refractivity contribution < 1.29 is 22.0 Å². The molecule has 27 heavy (non-hydrogen) atoms. The molecule has 3 rings (SSSR count). The van der Waals surface area contributed by atoms with E-state index in [1.54, 1.807) is 18.2 Å². The molecule has 142 valence electrons. The van der Waals surface area contributed by atoms with Gasteiger partial charge in [-0.2, -0.15) is 4.98 Å². The Morgan fingerprint density at radius 1 is 1.15 bits per heavy atom. The maximum Gasteiger partial charge on any atom is 0.233 e. The summed E-state index contributed by atoms with van der Waals surface area (Å²) in [5, 5.41) is 2.56. The number of sulfone groups is 1. The first kappa shape index (κ1) is 19.1. The maximum atomic E-state index is 14.1. The fourth-order valence-electron chi connectivity index (χ4n) is 2.45. The average Bonchev–Trinajstić information content (AvgIpc) is 3.07. The molecule has 0 aliphatic heterocycles. The molecule has 0 atom stereocenters. The van der Waals surface area contributed by atoms with Crippen LogP contribution in [0.3, 0.4) is 0 Å². The molecule has 0 radical (unpaired) electrons. The van der Waals surface area contributed by atoms with Crippen LogP contribution in [0.2, 0.25) is 0 Å². The first-order valence-corrected chi connectivity index (χ1v) is 9.72. The summed E-state index contributed by atoms with van der Waals surface area (Å²) in [4.78, 5) is 4.17. The van der Waals surface area contributed by atoms with Crippen LogP contribution in [0, 0.1) is 12.7 Å². The van der Waals surface area contributed by atoms with Crippen LogP contribution in [0.15, 0.2) is 62.9 Å². The summed E-state index contributed by atoms with van der Waals surface area (Å²) in [5.41, 5.74) is 1.01. The van der Waals surface area contributed by atoms with Crippen molar-refractivity contribution in [3.63, 3.8) is 0 Å². The van der Waals surface area contributed by atoms with Crippen molar-refractivity contribution in [1.82, 2.24) is 4.98 Å². The molecule has 0 fully saturated rings. The predicted octanol–water partition coefficient (Wildman–Crippen LogP) is 3.68. The molecule has 6 nitrogen and oxygen atoms in total. The number of rotatable bonds is 7. The number of benzene rings is 2. The summed E-state index contributed by atoms with van der Waals surface area (Å²) in [5.74, 6) is -0.717. The van der Waals surface area contributed by atoms with Crippen molar-refractivity contribution in [2.45, 2.75) is 16.8 Å². The monoisotopic (exact) mass is 390 g/mol. The van der Waals surface area contributed by atoms with Crippen LogP contribution < -0.4 is 5.32 Å². The zero-order valence-electron chi connectivity index (χ0n) is 14.9. The van der Waals surface area contributed by atoms with E-state index >= 15 is 0 Å². The molecule has 1 aromatic heterocycles. The third-order valence-electron chi connectivity index (χ3n) is 3.88. The van der Waals surface area contributed by atoms with Crippen LogP contribution in [0.5, 0.6) is 0 Å². The Hall–Kier alpha value is -2.71. The molecule has 0 bridgehead atoms. The van der Waals surface area contributed by atoms with Crippen molar-refractivity contribution in [3.8, 4) is 11.5 Å². The first-order chi connectivity index (χ1) is 12.9. The van der Waals surface area contributed by atoms with Gasteiger partial charge in [0, 0.05) is 13.7 Å². The molecule has 1 N–H and O–H groups in total. The largest absolute Gasteiger partial charge is 0.419 e. The Labute approximate surface area is 156 Å². The Morgan fingerprint density at radius 2 is 1.85 bits per heavy atom. The van der Waals surface area contributed by atoms with Gasteiger partial charge in [-0.25, -0.2) is 12.8 Å². The minimum absolute atomic E-state index is 0.0501. The molecule has 2 aromatic carbocycles. The summed E-state index contributed by atoms with van der Waals surface area (Å²) in [6.45, 7) is 2.50. The van der Waals surface area contributed by atoms with E-state index in [1.165, 1.54) is 37.4 Å². The quantitative estimate of drug-likeness (QED) is 0.620. The summed E-state index contributed by atoms with van der Waals surface area (Å²) in [6.07, 6.45) is 0. The number of anilines is 1. The topological polar surface area (TPSA) is 81.4 Å². The highest BCUT2D eigenvalue weighted by atomic mass is 32.2. The van der Waals surface area contributed by atoms with Gasteiger partial charge in [0.1, 0.15) is 5.82 Å². The zero-order chi connectivity index (χ0) is 19.4. The van der Waals surface area contributed by atoms with Crippen LogP contribution in [-0.4, -0.2) is 33.7 Å². The van der Waals surface area contributed by atoms with Gasteiger partial charge in [0.2, 0.25) is 26.6 Å². The second-order valence-corrected chi connectivity index (χ2v) is 7.73. The lowest BCUT2D eigenvalue weighted by Crippen LogP contribution is -2.11. The SMILES string of the molecule is COCCNc1oc(-c2ccccc2F)nc1S(=O)(=O)c1ccc(C)cc1. The van der Waals surface area contributed by atoms with E-state index < -0.39 is 15.7 Å². The smallest absolute Gasteiger partial charge is 0.233 e. The lowest BCUT2D eigenvalue weighted by molar-refractivity contribution is 0.210. The minimum atomic E-state index is -3.95. The number of aromatic nitrogens is 1. The fourth-order valence-corrected chi connectivity index (χ4v) is 3.72. The van der Waals surface area contributed by atoms with Crippen molar-refractivity contribution in [2.24, 2.45) is 0 Å². The molecule has 0 aliphatic carbocycles. The van der Waals surface area contributed by atoms with Gasteiger partial charge in [-0.05, 0) is 31.2 Å². The molecule has 0 aliphatic rings. The molecule has 1 heterocycles. The average molecular weight is 390 g/mol. The second kappa shape index (κ2) is 7.89. The van der Waals surface area contributed by atoms with E-state index in [9.17, 15) is 12.8 Å². The Kier molecular flexibility index (Phi) is 5.57. The van der Waals surface area contributed by atoms with E-state index in [4.69, 9.17) is 9.15 Å². The zero-order valence-corrected chi connectivity index (χ0v) is 15.7. The van der Waals surface area contributed by atoms with E-state index in [0.717, 1.165) is 5.56 Å². The summed E-state index contributed by atoms with van der Waals surface area (Å²) >= 11 is 0. The van der Waals surface area contributed by atoms with Gasteiger partial charge in [0.15, 0.2) is 0 Å². The number of methoxy groups -OCH3 is 1. The first-order valence-electron chi connectivity index (χ1n) is 8.24. The highest BCUT2D eigenvalue weighted by Crippen LogP contribution is 2.33. The standard InChI is InChI=1S/C19H19FN2O4S/c1-13-7-9-14(10-8-13)27(23,24)19-18(21-11-12-25-2)26-17(22-19)15-5-3-4-6-16(15)20/h3-10,21H,11-12H2,1-2H3. The number of oxazole rings is 1. The maximum absolute atomic E-state index is 14.1. The summed E-state index contributed by atoms with van der Waals surface area (Å²) in [6, 6.07) is 12.3. The number of hydrogen-bond acceptors (Lipinski definition) is 6. The van der Waals surface area contributed by atoms with Crippen molar-refractivity contribution >= 4 is 15.7 Å². The van der Waals surface area contributed by atoms with Gasteiger partial charge in [-0.1, -0.05) is 29.8 Å². The predicted molar refractivity (Wildman–Crippen MR) is 98.9 cm³/mol. The van der Waals surface area contributed by atoms with Gasteiger partial charge < -0.3 is 14.5 Å². The van der Waals surface area contributed by atoms with Crippen LogP contribution in [0.1, 0.15) is 5.56 Å². The molecule has 8 heteroatoms. The minimum Gasteiger partial charge on any atom is -0.419 e. The molecule has 0 saturated carbocycles. The lowest BCUT2D eigenvalue weighted by atomic mass is 10.2. The van der Waals surface area contributed by atoms with Crippen LogP contribution in [-0.2, 0) is 14.6 Å². The lowest BCUT2D eigenvalue weighted by Gasteiger charge is -2.06. The summed E-state index contributed by atoms with van der Waals surface area (Å²) in [7, 11) is -2.43. The summed E-state index contributed by atoms with van der Waals surface area (Å²) < 4.78 is 50.7. The van der Waals surface area contributed by atoms with Crippen LogP contribution in [0.25, 0.3) is 11.5 Å². The highest BCUT2D eigenvalue weighted by molar-refractivity contribution is 7.91. The normalized spacial score (nSPS) is 11.5. The number of aryl methyl sites for hydroxylation is 1. The number of ether oxygens (including phenoxy) is 1. The third-order valence-corrected chi connectivity index (χ3v) is 5.56. The van der Waals surface area contributed by atoms with Crippen LogP contribution >= 0.6 is 0 Å². The number of halogens is 1. The molecular weight excluding hydrogens is 371 g/mol. The second-order valence-electron chi connectivity index (χ2n) is 5.87. The molecule has 0 spiro atoms. The van der Waals surface area contributed by atoms with E-state index in [1.807, 2.05) is 6.92 Å². The van der Waals surface area contributed by atoms with Gasteiger partial charge in [-0.3, -0.25) is 0 Å². The molecule has 0 saturated heterocycles. The highest BCUT2D eigenvalue weighted by Gasteiger charge is 2.29. The van der Waals surface area contributed by atoms with E-state index in [0.29, 0.717) is 13.2 Å². The Balaban J connectivity index is 2.09. The Morgan fingerprint density at radius 3 is 2.52 bits per heavy atom. The molecule has 3 aromatic rings. The van der Waals surface area contributed by atoms with Crippen molar-refractivity contribution in [3.05, 3.63) is 59.9 Å². The number of hydrogen-bond donors (Lipinski definition) is 1. The number of nitrogens with one attached hydrogen (secondary N) is 1. The van der Waals surface area contributed by atoms with E-state index in [-0.39, 0.29) is 27.3 Å². The van der Waals surface area contributed by atoms with Gasteiger partial charge in [0.25, 0.3) is 0 Å². The van der Waals surface area contributed by atoms with E-state index in [2.05, 4.69) is 10.3 Å². The third kappa shape index (κ3) is 4.01. The molecular formula is C19H19FN2O4S. The number of nitrogens with zero attached hydrogens (tertiary/aromatic N) is 1. The van der Waals surface area contributed by atoms with Crippen LogP contribution in [0.4, 0.5) is 10.3 Å². The fraction of sp³-hybridized carbons (Fsp3) is 0.211. The molecule has 0 unspecified atom stereocenters. The molecule has 0 amide bonds. The van der Waals surface area contributed by atoms with Gasteiger partial charge in [-0.15, -0.1) is 0 Å². The Bertz CT molecular complexity index is 1030. The van der Waals surface area contributed by atoms with Crippen molar-refractivity contribution in [1.29, 1.82) is 0 Å². The van der Waals surface area contributed by atoms with Gasteiger partial charge >= 0.3 is 0 Å². The van der Waals surface area contributed by atoms with Gasteiger partial charge in [0.05, 0.1) is 17.1 Å². The van der Waals surface area contributed by atoms with Crippen molar-refractivity contribution in [2.75, 3.05) is 25.6 Å².